The maximum Gasteiger partial charge on any atom is 0.251 e. The third-order valence-corrected chi connectivity index (χ3v) is 6.42. The molecule has 8 heteroatoms. The van der Waals surface area contributed by atoms with E-state index in [1.165, 1.54) is 31.2 Å². The standard InChI is InChI=1S/C26H28N2O5S/c1-18(2)33-24-12-6-20(7-13-24)16-27-26(30)23-8-4-21(5-9-23)17-28-34(31,32)25-14-10-22(11-15-25)19(3)29/h4-15,18,28H,16-17H2,1-3H3,(H,27,30). The van der Waals surface area contributed by atoms with Crippen LogP contribution in [0.4, 0.5) is 0 Å². The lowest BCUT2D eigenvalue weighted by Gasteiger charge is -2.11. The molecule has 34 heavy (non-hydrogen) atoms. The molecule has 0 aliphatic rings. The molecular weight excluding hydrogens is 452 g/mol. The van der Waals surface area contributed by atoms with Crippen molar-refractivity contribution in [3.8, 4) is 5.75 Å². The lowest BCUT2D eigenvalue weighted by molar-refractivity contribution is 0.0950. The summed E-state index contributed by atoms with van der Waals surface area (Å²) in [5.74, 6) is 0.430. The van der Waals surface area contributed by atoms with E-state index in [9.17, 15) is 18.0 Å². The summed E-state index contributed by atoms with van der Waals surface area (Å²) in [5.41, 5.74) is 2.59. The lowest BCUT2D eigenvalue weighted by Crippen LogP contribution is -2.24. The van der Waals surface area contributed by atoms with E-state index in [2.05, 4.69) is 10.0 Å². The summed E-state index contributed by atoms with van der Waals surface area (Å²) in [5, 5.41) is 2.87. The van der Waals surface area contributed by atoms with Crippen LogP contribution in [0.15, 0.2) is 77.7 Å². The summed E-state index contributed by atoms with van der Waals surface area (Å²) >= 11 is 0. The Hall–Kier alpha value is -3.49. The number of amides is 1. The highest BCUT2D eigenvalue weighted by atomic mass is 32.2. The van der Waals surface area contributed by atoms with Crippen molar-refractivity contribution in [2.75, 3.05) is 0 Å². The topological polar surface area (TPSA) is 102 Å². The Morgan fingerprint density at radius 1 is 0.794 bits per heavy atom. The van der Waals surface area contributed by atoms with Crippen molar-refractivity contribution >= 4 is 21.7 Å². The van der Waals surface area contributed by atoms with Crippen molar-refractivity contribution in [3.63, 3.8) is 0 Å². The molecule has 0 aliphatic heterocycles. The van der Waals surface area contributed by atoms with E-state index in [4.69, 9.17) is 4.74 Å². The van der Waals surface area contributed by atoms with Gasteiger partial charge in [0.2, 0.25) is 10.0 Å². The van der Waals surface area contributed by atoms with Gasteiger partial charge in [0.05, 0.1) is 11.0 Å². The number of ether oxygens (including phenoxy) is 1. The maximum absolute atomic E-state index is 12.5. The minimum Gasteiger partial charge on any atom is -0.491 e. The van der Waals surface area contributed by atoms with E-state index < -0.39 is 10.0 Å². The zero-order valence-electron chi connectivity index (χ0n) is 19.4. The summed E-state index contributed by atoms with van der Waals surface area (Å²) in [7, 11) is -3.73. The van der Waals surface area contributed by atoms with Gasteiger partial charge >= 0.3 is 0 Å². The molecule has 3 rings (SSSR count). The second kappa shape index (κ2) is 11.1. The normalized spacial score (nSPS) is 11.3. The Labute approximate surface area is 200 Å². The molecule has 178 valence electrons. The van der Waals surface area contributed by atoms with Gasteiger partial charge < -0.3 is 10.1 Å². The van der Waals surface area contributed by atoms with E-state index >= 15 is 0 Å². The van der Waals surface area contributed by atoms with Crippen LogP contribution in [0.25, 0.3) is 0 Å². The van der Waals surface area contributed by atoms with Gasteiger partial charge in [0.15, 0.2) is 5.78 Å². The van der Waals surface area contributed by atoms with E-state index in [0.717, 1.165) is 11.3 Å². The lowest BCUT2D eigenvalue weighted by atomic mass is 10.1. The molecule has 0 heterocycles. The SMILES string of the molecule is CC(=O)c1ccc(S(=O)(=O)NCc2ccc(C(=O)NCc3ccc(OC(C)C)cc3)cc2)cc1. The Balaban J connectivity index is 1.53. The smallest absolute Gasteiger partial charge is 0.251 e. The van der Waals surface area contributed by atoms with E-state index in [1.807, 2.05) is 38.1 Å². The van der Waals surface area contributed by atoms with Crippen molar-refractivity contribution in [1.29, 1.82) is 0 Å². The molecule has 0 radical (unpaired) electrons. The molecule has 0 bridgehead atoms. The molecule has 7 nitrogen and oxygen atoms in total. The Kier molecular flexibility index (Phi) is 8.20. The number of carbonyl (C=O) groups is 2. The van der Waals surface area contributed by atoms with E-state index in [-0.39, 0.29) is 29.2 Å². The highest BCUT2D eigenvalue weighted by Crippen LogP contribution is 2.15. The molecule has 0 spiro atoms. The summed E-state index contributed by atoms with van der Waals surface area (Å²) in [6, 6.07) is 20.0. The number of rotatable bonds is 10. The quantitative estimate of drug-likeness (QED) is 0.426. The molecule has 1 amide bonds. The molecule has 0 saturated carbocycles. The third-order valence-electron chi connectivity index (χ3n) is 5.00. The number of Topliss-reactive ketones (excluding diaryl/α,β-unsaturated/α-hetero) is 1. The number of nitrogens with one attached hydrogen (secondary N) is 2. The van der Waals surface area contributed by atoms with Crippen LogP contribution < -0.4 is 14.8 Å². The van der Waals surface area contributed by atoms with Crippen LogP contribution in [0.1, 0.15) is 52.6 Å². The first kappa shape index (κ1) is 25.1. The zero-order chi connectivity index (χ0) is 24.7. The average Bonchev–Trinajstić information content (AvgIpc) is 2.82. The van der Waals surface area contributed by atoms with Gasteiger partial charge in [-0.2, -0.15) is 0 Å². The largest absolute Gasteiger partial charge is 0.491 e. The zero-order valence-corrected chi connectivity index (χ0v) is 20.2. The highest BCUT2D eigenvalue weighted by molar-refractivity contribution is 7.89. The molecule has 0 fully saturated rings. The third kappa shape index (κ3) is 7.00. The Bertz CT molecular complexity index is 1230. The maximum atomic E-state index is 12.5. The number of sulfonamides is 1. The van der Waals surface area contributed by atoms with Gasteiger partial charge in [-0.05, 0) is 68.3 Å². The van der Waals surface area contributed by atoms with Crippen molar-refractivity contribution in [3.05, 3.63) is 95.1 Å². The summed E-state index contributed by atoms with van der Waals surface area (Å²) < 4.78 is 33.1. The van der Waals surface area contributed by atoms with E-state index in [0.29, 0.717) is 23.2 Å². The first-order chi connectivity index (χ1) is 16.1. The highest BCUT2D eigenvalue weighted by Gasteiger charge is 2.14. The molecule has 0 unspecified atom stereocenters. The molecule has 0 aromatic heterocycles. The number of hydrogen-bond donors (Lipinski definition) is 2. The summed E-state index contributed by atoms with van der Waals surface area (Å²) in [6.07, 6.45) is 0.100. The summed E-state index contributed by atoms with van der Waals surface area (Å²) in [6.45, 7) is 5.80. The van der Waals surface area contributed by atoms with Gasteiger partial charge in [0.1, 0.15) is 5.75 Å². The number of ketones is 1. The first-order valence-corrected chi connectivity index (χ1v) is 12.4. The van der Waals surface area contributed by atoms with E-state index in [1.54, 1.807) is 24.3 Å². The number of hydrogen-bond acceptors (Lipinski definition) is 5. The van der Waals surface area contributed by atoms with Crippen molar-refractivity contribution in [1.82, 2.24) is 10.0 Å². The molecule has 3 aromatic carbocycles. The predicted octanol–water partition coefficient (Wildman–Crippen LogP) is 4.08. The molecule has 3 aromatic rings. The van der Waals surface area contributed by atoms with Crippen LogP contribution in [-0.2, 0) is 23.1 Å². The van der Waals surface area contributed by atoms with Crippen LogP contribution in [0.2, 0.25) is 0 Å². The second-order valence-corrected chi connectivity index (χ2v) is 9.86. The first-order valence-electron chi connectivity index (χ1n) is 10.9. The van der Waals surface area contributed by atoms with Crippen LogP contribution in [-0.4, -0.2) is 26.2 Å². The molecule has 0 atom stereocenters. The Morgan fingerprint density at radius 3 is 1.88 bits per heavy atom. The van der Waals surface area contributed by atoms with Crippen LogP contribution >= 0.6 is 0 Å². The van der Waals surface area contributed by atoms with Gasteiger partial charge in [-0.1, -0.05) is 36.4 Å². The van der Waals surface area contributed by atoms with Gasteiger partial charge in [-0.3, -0.25) is 9.59 Å². The predicted molar refractivity (Wildman–Crippen MR) is 130 cm³/mol. The molecule has 0 aliphatic carbocycles. The molecule has 2 N–H and O–H groups in total. The summed E-state index contributed by atoms with van der Waals surface area (Å²) in [4.78, 5) is 23.9. The van der Waals surface area contributed by atoms with Crippen molar-refractivity contribution in [2.24, 2.45) is 0 Å². The van der Waals surface area contributed by atoms with Gasteiger partial charge in [-0.25, -0.2) is 13.1 Å². The second-order valence-electron chi connectivity index (χ2n) is 8.10. The van der Waals surface area contributed by atoms with Gasteiger partial charge in [0, 0.05) is 24.2 Å². The minimum absolute atomic E-state index is 0.0729. The molecular formula is C26H28N2O5S. The van der Waals surface area contributed by atoms with Crippen molar-refractivity contribution in [2.45, 2.75) is 44.9 Å². The number of benzene rings is 3. The fraction of sp³-hybridized carbons (Fsp3) is 0.231. The van der Waals surface area contributed by atoms with Crippen LogP contribution in [0, 0.1) is 0 Å². The monoisotopic (exact) mass is 480 g/mol. The average molecular weight is 481 g/mol. The fourth-order valence-electron chi connectivity index (χ4n) is 3.15. The fourth-order valence-corrected chi connectivity index (χ4v) is 4.16. The van der Waals surface area contributed by atoms with Crippen LogP contribution in [0.5, 0.6) is 5.75 Å². The molecule has 0 saturated heterocycles. The van der Waals surface area contributed by atoms with Gasteiger partial charge in [0.25, 0.3) is 5.91 Å². The minimum atomic E-state index is -3.73. The van der Waals surface area contributed by atoms with Crippen molar-refractivity contribution < 1.29 is 22.7 Å². The van der Waals surface area contributed by atoms with Gasteiger partial charge in [-0.15, -0.1) is 0 Å². The number of carbonyl (C=O) groups excluding carboxylic acids is 2. The Morgan fingerprint density at radius 2 is 1.32 bits per heavy atom. The van der Waals surface area contributed by atoms with Crippen LogP contribution in [0.3, 0.4) is 0 Å².